The molecule has 0 unspecified atom stereocenters. The molecule has 1 rings (SSSR count). The highest BCUT2D eigenvalue weighted by molar-refractivity contribution is 5.81. The van der Waals surface area contributed by atoms with E-state index in [2.05, 4.69) is 5.32 Å². The van der Waals surface area contributed by atoms with Crippen molar-refractivity contribution in [1.82, 2.24) is 5.32 Å². The number of allylic oxidation sites excluding steroid dienone is 2. The second-order valence-corrected chi connectivity index (χ2v) is 3.07. The van der Waals surface area contributed by atoms with Crippen LogP contribution in [0.4, 0.5) is 0 Å². The molecule has 0 amide bonds. The maximum absolute atomic E-state index is 10.5. The molecule has 0 saturated heterocycles. The first-order chi connectivity index (χ1) is 7.36. The van der Waals surface area contributed by atoms with Crippen molar-refractivity contribution >= 4 is 12.5 Å². The molecule has 2 N–H and O–H groups in total. The topological polar surface area (TPSA) is 53.0 Å². The van der Waals surface area contributed by atoms with Gasteiger partial charge in [-0.1, -0.05) is 30.3 Å². The molecule has 0 fully saturated rings. The van der Waals surface area contributed by atoms with E-state index in [-0.39, 0.29) is 0 Å². The largest absolute Gasteiger partial charge is 0.382 e. The van der Waals surface area contributed by atoms with Crippen LogP contribution in [0.2, 0.25) is 0 Å². The van der Waals surface area contributed by atoms with Crippen molar-refractivity contribution in [3.63, 3.8) is 0 Å². The Morgan fingerprint density at radius 2 is 2.07 bits per heavy atom. The molecular weight excluding hydrogens is 188 g/mol. The maximum Gasteiger partial charge on any atom is 0.165 e. The fourth-order valence-corrected chi connectivity index (χ4v) is 1.23. The molecule has 0 heterocycles. The number of aldehydes is 1. The number of nitrogens with one attached hydrogen (secondary N) is 2. The molecule has 1 aromatic rings. The minimum Gasteiger partial charge on any atom is -0.382 e. The average Bonchev–Trinajstić information content (AvgIpc) is 2.29. The van der Waals surface area contributed by atoms with Crippen LogP contribution < -0.4 is 5.32 Å². The van der Waals surface area contributed by atoms with E-state index < -0.39 is 0 Å². The minimum atomic E-state index is 0.445. The third-order valence-electron chi connectivity index (χ3n) is 1.98. The van der Waals surface area contributed by atoms with Crippen molar-refractivity contribution < 1.29 is 4.79 Å². The number of hydrogen-bond donors (Lipinski definition) is 2. The molecule has 15 heavy (non-hydrogen) atoms. The molecule has 0 spiro atoms. The molecule has 0 aliphatic rings. The highest BCUT2D eigenvalue weighted by Crippen LogP contribution is 1.98. The van der Waals surface area contributed by atoms with E-state index in [9.17, 15) is 4.79 Å². The fraction of sp³-hybridized carbons (Fsp3) is 0.167. The predicted octanol–water partition coefficient (Wildman–Crippen LogP) is 1.55. The van der Waals surface area contributed by atoms with E-state index in [1.165, 1.54) is 11.6 Å². The van der Waals surface area contributed by atoms with Gasteiger partial charge in [-0.25, -0.2) is 0 Å². The smallest absolute Gasteiger partial charge is 0.165 e. The average molecular weight is 202 g/mol. The van der Waals surface area contributed by atoms with E-state index >= 15 is 0 Å². The zero-order valence-electron chi connectivity index (χ0n) is 8.44. The summed E-state index contributed by atoms with van der Waals surface area (Å²) in [6.07, 6.45) is 4.12. The minimum absolute atomic E-state index is 0.445. The van der Waals surface area contributed by atoms with E-state index in [4.69, 9.17) is 5.41 Å². The van der Waals surface area contributed by atoms with E-state index in [1.807, 2.05) is 30.3 Å². The number of benzene rings is 1. The van der Waals surface area contributed by atoms with Crippen LogP contribution in [0.5, 0.6) is 0 Å². The van der Waals surface area contributed by atoms with Gasteiger partial charge >= 0.3 is 0 Å². The predicted molar refractivity (Wildman–Crippen MR) is 61.1 cm³/mol. The third kappa shape index (κ3) is 4.22. The van der Waals surface area contributed by atoms with Gasteiger partial charge in [-0.3, -0.25) is 4.79 Å². The van der Waals surface area contributed by atoms with Crippen LogP contribution in [0.15, 0.2) is 42.1 Å². The van der Waals surface area contributed by atoms with Gasteiger partial charge in [-0.2, -0.15) is 0 Å². The van der Waals surface area contributed by atoms with Crippen molar-refractivity contribution in [3.8, 4) is 0 Å². The van der Waals surface area contributed by atoms with Crippen molar-refractivity contribution in [1.29, 1.82) is 5.41 Å². The van der Waals surface area contributed by atoms with Crippen molar-refractivity contribution in [2.45, 2.75) is 6.42 Å². The summed E-state index contributed by atoms with van der Waals surface area (Å²) in [5.41, 5.74) is 1.67. The Bertz CT molecular complexity index is 344. The summed E-state index contributed by atoms with van der Waals surface area (Å²) < 4.78 is 0. The van der Waals surface area contributed by atoms with Gasteiger partial charge in [0.05, 0.1) is 5.70 Å². The van der Waals surface area contributed by atoms with Crippen LogP contribution in [0, 0.1) is 5.41 Å². The van der Waals surface area contributed by atoms with E-state index in [1.54, 1.807) is 0 Å². The summed E-state index contributed by atoms with van der Waals surface area (Å²) in [7, 11) is 0. The summed E-state index contributed by atoms with van der Waals surface area (Å²) in [6, 6.07) is 10.0. The van der Waals surface area contributed by atoms with Gasteiger partial charge < -0.3 is 10.7 Å². The Morgan fingerprint density at radius 1 is 1.33 bits per heavy atom. The van der Waals surface area contributed by atoms with Gasteiger partial charge in [-0.15, -0.1) is 0 Å². The van der Waals surface area contributed by atoms with Gasteiger partial charge in [0.25, 0.3) is 0 Å². The second kappa shape index (κ2) is 6.54. The molecule has 0 aliphatic carbocycles. The Balaban J connectivity index is 2.36. The summed E-state index contributed by atoms with van der Waals surface area (Å²) in [4.78, 5) is 10.5. The quantitative estimate of drug-likeness (QED) is 0.418. The Morgan fingerprint density at radius 3 is 2.67 bits per heavy atom. The van der Waals surface area contributed by atoms with E-state index in [0.717, 1.165) is 18.9 Å². The lowest BCUT2D eigenvalue weighted by Crippen LogP contribution is -2.17. The SMILES string of the molecule is N=C/C=C(/C=O)NCCc1ccccc1. The first-order valence-electron chi connectivity index (χ1n) is 4.80. The third-order valence-corrected chi connectivity index (χ3v) is 1.98. The summed E-state index contributed by atoms with van der Waals surface area (Å²) >= 11 is 0. The molecule has 0 saturated carbocycles. The van der Waals surface area contributed by atoms with Crippen molar-refractivity contribution in [2.24, 2.45) is 0 Å². The second-order valence-electron chi connectivity index (χ2n) is 3.07. The molecule has 0 bridgehead atoms. The van der Waals surface area contributed by atoms with Gasteiger partial charge in [0.2, 0.25) is 0 Å². The zero-order chi connectivity index (χ0) is 10.9. The Kier molecular flexibility index (Phi) is 4.87. The first-order valence-corrected chi connectivity index (χ1v) is 4.80. The highest BCUT2D eigenvalue weighted by atomic mass is 16.1. The van der Waals surface area contributed by atoms with Gasteiger partial charge in [-0.05, 0) is 18.1 Å². The molecule has 0 aromatic heterocycles. The maximum atomic E-state index is 10.5. The molecule has 0 atom stereocenters. The van der Waals surface area contributed by atoms with Crippen LogP contribution in [-0.4, -0.2) is 19.0 Å². The van der Waals surface area contributed by atoms with Gasteiger partial charge in [0.1, 0.15) is 0 Å². The number of hydrogen-bond acceptors (Lipinski definition) is 3. The lowest BCUT2D eigenvalue weighted by atomic mass is 10.1. The molecule has 0 radical (unpaired) electrons. The standard InChI is InChI=1S/C12H14N2O/c13-8-6-12(10-15)14-9-7-11-4-2-1-3-5-11/h1-6,8,10,13-14H,7,9H2/b12-6-,13-8?. The summed E-state index contributed by atoms with van der Waals surface area (Å²) in [5, 5.41) is 9.80. The first kappa shape index (κ1) is 11.2. The lowest BCUT2D eigenvalue weighted by Gasteiger charge is -2.04. The van der Waals surface area contributed by atoms with Crippen LogP contribution in [0.25, 0.3) is 0 Å². The van der Waals surface area contributed by atoms with Crippen LogP contribution in [0.3, 0.4) is 0 Å². The van der Waals surface area contributed by atoms with Crippen molar-refractivity contribution in [2.75, 3.05) is 6.54 Å². The van der Waals surface area contributed by atoms with Crippen molar-refractivity contribution in [3.05, 3.63) is 47.7 Å². The van der Waals surface area contributed by atoms with E-state index in [0.29, 0.717) is 12.2 Å². The Hall–Kier alpha value is -1.90. The molecular formula is C12H14N2O. The van der Waals surface area contributed by atoms with Crippen LogP contribution >= 0.6 is 0 Å². The number of carbonyl (C=O) groups excluding carboxylic acids is 1. The molecule has 3 heteroatoms. The molecule has 78 valence electrons. The van der Waals surface area contributed by atoms with Crippen LogP contribution in [0.1, 0.15) is 5.56 Å². The summed E-state index contributed by atoms with van der Waals surface area (Å²) in [5.74, 6) is 0. The monoisotopic (exact) mass is 202 g/mol. The number of rotatable bonds is 6. The zero-order valence-corrected chi connectivity index (χ0v) is 8.44. The molecule has 0 aliphatic heterocycles. The number of carbonyl (C=O) groups is 1. The molecule has 1 aromatic carbocycles. The Labute approximate surface area is 89.3 Å². The fourth-order valence-electron chi connectivity index (χ4n) is 1.23. The van der Waals surface area contributed by atoms with Gasteiger partial charge in [0, 0.05) is 12.8 Å². The molecule has 3 nitrogen and oxygen atoms in total. The highest BCUT2D eigenvalue weighted by Gasteiger charge is 1.93. The van der Waals surface area contributed by atoms with Crippen LogP contribution in [-0.2, 0) is 11.2 Å². The summed E-state index contributed by atoms with van der Waals surface area (Å²) in [6.45, 7) is 0.697. The van der Waals surface area contributed by atoms with Gasteiger partial charge in [0.15, 0.2) is 6.29 Å². The lowest BCUT2D eigenvalue weighted by molar-refractivity contribution is -0.105. The normalized spacial score (nSPS) is 10.8.